The summed E-state index contributed by atoms with van der Waals surface area (Å²) in [6.45, 7) is -1.44. The van der Waals surface area contributed by atoms with Crippen molar-refractivity contribution in [1.29, 1.82) is 0 Å². The fourth-order valence-corrected chi connectivity index (χ4v) is 3.19. The zero-order valence-corrected chi connectivity index (χ0v) is 18.6. The van der Waals surface area contributed by atoms with Crippen LogP contribution in [0, 0.1) is 17.6 Å². The maximum Gasteiger partial charge on any atom is 0.387 e. The minimum Gasteiger partial charge on any atom is -0.489 e. The quantitative estimate of drug-likeness (QED) is 0.403. The third kappa shape index (κ3) is 6.07. The maximum absolute atomic E-state index is 13.8. The van der Waals surface area contributed by atoms with Crippen LogP contribution in [0.1, 0.15) is 47.7 Å². The Bertz CT molecular complexity index is 1210. The molecule has 3 aromatic rings. The van der Waals surface area contributed by atoms with Crippen LogP contribution in [0.25, 0.3) is 11.5 Å². The summed E-state index contributed by atoms with van der Waals surface area (Å²) in [5.41, 5.74) is 5.95. The molecule has 2 aromatic heterocycles. The molecule has 0 saturated heterocycles. The average Bonchev–Trinajstić information content (AvgIpc) is 3.52. The molecular formula is C23H22F4N4O4. The minimum absolute atomic E-state index is 0.00610. The molecule has 186 valence electrons. The highest BCUT2D eigenvalue weighted by Crippen LogP contribution is 2.37. The summed E-state index contributed by atoms with van der Waals surface area (Å²) in [4.78, 5) is 20.6. The molecule has 35 heavy (non-hydrogen) atoms. The predicted octanol–water partition coefficient (Wildman–Crippen LogP) is 4.35. The monoisotopic (exact) mass is 494 g/mol. The molecular weight excluding hydrogens is 472 g/mol. The van der Waals surface area contributed by atoms with Crippen LogP contribution in [0.2, 0.25) is 0 Å². The number of amides is 1. The number of alkyl halides is 2. The first-order valence-electron chi connectivity index (χ1n) is 10.8. The number of benzene rings is 1. The highest BCUT2D eigenvalue weighted by Gasteiger charge is 2.26. The molecule has 0 bridgehead atoms. The molecule has 0 aliphatic heterocycles. The van der Waals surface area contributed by atoms with Crippen molar-refractivity contribution in [1.82, 2.24) is 15.3 Å². The summed E-state index contributed by atoms with van der Waals surface area (Å²) < 4.78 is 68.4. The first-order valence-corrected chi connectivity index (χ1v) is 10.8. The Morgan fingerprint density at radius 3 is 2.69 bits per heavy atom. The van der Waals surface area contributed by atoms with Crippen LogP contribution in [0.3, 0.4) is 0 Å². The number of aromatic nitrogens is 2. The van der Waals surface area contributed by atoms with Gasteiger partial charge in [0.2, 0.25) is 5.89 Å². The predicted molar refractivity (Wildman–Crippen MR) is 115 cm³/mol. The lowest BCUT2D eigenvalue weighted by atomic mass is 10.2. The molecule has 1 atom stereocenters. The highest BCUT2D eigenvalue weighted by molar-refractivity contribution is 5.93. The number of carbonyl (C=O) groups is 1. The highest BCUT2D eigenvalue weighted by atomic mass is 19.3. The van der Waals surface area contributed by atoms with E-state index in [1.165, 1.54) is 18.2 Å². The summed E-state index contributed by atoms with van der Waals surface area (Å²) >= 11 is 0. The van der Waals surface area contributed by atoms with Crippen LogP contribution in [0.15, 0.2) is 34.9 Å². The molecule has 12 heteroatoms. The third-order valence-corrected chi connectivity index (χ3v) is 5.16. The number of ether oxygens (including phenoxy) is 2. The number of nitrogens with zero attached hydrogens (tertiary/aromatic N) is 2. The lowest BCUT2D eigenvalue weighted by molar-refractivity contribution is -0.0515. The molecule has 0 unspecified atom stereocenters. The van der Waals surface area contributed by atoms with Gasteiger partial charge in [-0.3, -0.25) is 9.78 Å². The molecule has 1 aliphatic rings. The van der Waals surface area contributed by atoms with Gasteiger partial charge in [-0.1, -0.05) is 0 Å². The molecule has 1 aromatic carbocycles. The topological polar surface area (TPSA) is 113 Å². The van der Waals surface area contributed by atoms with Gasteiger partial charge < -0.3 is 24.9 Å². The number of rotatable bonds is 10. The maximum atomic E-state index is 13.8. The third-order valence-electron chi connectivity index (χ3n) is 5.16. The van der Waals surface area contributed by atoms with E-state index in [0.717, 1.165) is 19.0 Å². The summed E-state index contributed by atoms with van der Waals surface area (Å²) in [7, 11) is 0. The van der Waals surface area contributed by atoms with Gasteiger partial charge in [0.15, 0.2) is 23.0 Å². The van der Waals surface area contributed by atoms with Gasteiger partial charge in [0.25, 0.3) is 5.91 Å². The summed E-state index contributed by atoms with van der Waals surface area (Å²) in [5, 5.41) is 2.45. The van der Waals surface area contributed by atoms with Crippen molar-refractivity contribution in [3.05, 3.63) is 59.2 Å². The molecule has 2 heterocycles. The van der Waals surface area contributed by atoms with Gasteiger partial charge in [-0.15, -0.1) is 0 Å². The number of hydrogen-bond acceptors (Lipinski definition) is 7. The number of nitrogens with one attached hydrogen (secondary N) is 1. The van der Waals surface area contributed by atoms with Crippen molar-refractivity contribution >= 4 is 5.91 Å². The number of oxazole rings is 1. The number of pyridine rings is 1. The van der Waals surface area contributed by atoms with Gasteiger partial charge in [-0.05, 0) is 43.9 Å². The second kappa shape index (κ2) is 10.3. The normalized spacial score (nSPS) is 14.1. The summed E-state index contributed by atoms with van der Waals surface area (Å²) in [6, 6.07) is 4.07. The summed E-state index contributed by atoms with van der Waals surface area (Å²) in [5.74, 6) is -2.13. The Kier molecular flexibility index (Phi) is 7.20. The number of halogens is 4. The smallest absolute Gasteiger partial charge is 0.387 e. The zero-order valence-electron chi connectivity index (χ0n) is 18.6. The lowest BCUT2D eigenvalue weighted by Crippen LogP contribution is -2.26. The fourth-order valence-electron chi connectivity index (χ4n) is 3.19. The van der Waals surface area contributed by atoms with Crippen molar-refractivity contribution in [2.75, 3.05) is 6.61 Å². The molecule has 1 amide bonds. The van der Waals surface area contributed by atoms with E-state index >= 15 is 0 Å². The first kappa shape index (κ1) is 24.5. The molecule has 1 aliphatic carbocycles. The van der Waals surface area contributed by atoms with E-state index in [0.29, 0.717) is 24.2 Å². The largest absolute Gasteiger partial charge is 0.489 e. The number of hydrogen-bond donors (Lipinski definition) is 2. The Balaban J connectivity index is 1.58. The van der Waals surface area contributed by atoms with E-state index < -0.39 is 30.2 Å². The number of nitrogens with two attached hydrogens (primary N) is 1. The average molecular weight is 494 g/mol. The lowest BCUT2D eigenvalue weighted by Gasteiger charge is -2.12. The Hall–Kier alpha value is -3.67. The van der Waals surface area contributed by atoms with Gasteiger partial charge in [-0.25, -0.2) is 13.8 Å². The van der Waals surface area contributed by atoms with Crippen molar-refractivity contribution < 1.29 is 36.2 Å². The van der Waals surface area contributed by atoms with Crippen molar-refractivity contribution in [2.45, 2.75) is 39.0 Å². The molecule has 0 spiro atoms. The van der Waals surface area contributed by atoms with Crippen LogP contribution in [-0.4, -0.2) is 29.1 Å². The summed E-state index contributed by atoms with van der Waals surface area (Å²) in [6.07, 6.45) is 2.83. The van der Waals surface area contributed by atoms with Crippen molar-refractivity contribution in [2.24, 2.45) is 11.7 Å². The van der Waals surface area contributed by atoms with E-state index in [4.69, 9.17) is 14.9 Å². The Labute approximate surface area is 197 Å². The van der Waals surface area contributed by atoms with Crippen LogP contribution in [0.5, 0.6) is 11.5 Å². The zero-order chi connectivity index (χ0) is 25.1. The Morgan fingerprint density at radius 1 is 1.26 bits per heavy atom. The SMILES string of the molecule is C[C@H](N)c1oc(-c2ccc(OC(F)F)c(OCC3CC3)c2)nc1C(=O)NCc1ncc(F)cc1F. The van der Waals surface area contributed by atoms with E-state index in [1.54, 1.807) is 6.92 Å². The van der Waals surface area contributed by atoms with E-state index in [9.17, 15) is 22.4 Å². The van der Waals surface area contributed by atoms with Crippen LogP contribution in [0.4, 0.5) is 17.6 Å². The van der Waals surface area contributed by atoms with Gasteiger partial charge >= 0.3 is 6.61 Å². The van der Waals surface area contributed by atoms with Crippen molar-refractivity contribution in [3.63, 3.8) is 0 Å². The minimum atomic E-state index is -3.04. The molecule has 3 N–H and O–H groups in total. The molecule has 8 nitrogen and oxygen atoms in total. The van der Waals surface area contributed by atoms with Gasteiger partial charge in [-0.2, -0.15) is 8.78 Å². The standard InChI is InChI=1S/C23H22F4N4O4/c1-11(28)20-19(21(32)30-9-16-15(25)7-14(24)8-29-16)31-22(35-20)13-4-5-17(34-23(26)27)18(6-13)33-10-12-2-3-12/h4-8,11-12,23H,2-3,9-10,28H2,1H3,(H,30,32)/t11-/m0/s1. The molecule has 0 radical (unpaired) electrons. The van der Waals surface area contributed by atoms with Gasteiger partial charge in [0.1, 0.15) is 11.6 Å². The Morgan fingerprint density at radius 2 is 2.03 bits per heavy atom. The van der Waals surface area contributed by atoms with Crippen LogP contribution in [-0.2, 0) is 6.54 Å². The van der Waals surface area contributed by atoms with E-state index in [-0.39, 0.29) is 41.1 Å². The second-order valence-electron chi connectivity index (χ2n) is 8.08. The molecule has 4 rings (SSSR count). The molecule has 1 fully saturated rings. The first-order chi connectivity index (χ1) is 16.7. The van der Waals surface area contributed by atoms with Gasteiger partial charge in [0.05, 0.1) is 31.1 Å². The van der Waals surface area contributed by atoms with Crippen LogP contribution >= 0.6 is 0 Å². The van der Waals surface area contributed by atoms with Crippen LogP contribution < -0.4 is 20.5 Å². The molecule has 1 saturated carbocycles. The number of carbonyl (C=O) groups excluding carboxylic acids is 1. The van der Waals surface area contributed by atoms with E-state index in [2.05, 4.69) is 20.0 Å². The fraction of sp³-hybridized carbons (Fsp3) is 0.348. The second-order valence-corrected chi connectivity index (χ2v) is 8.08. The van der Waals surface area contributed by atoms with Gasteiger partial charge in [0, 0.05) is 11.6 Å². The van der Waals surface area contributed by atoms with Crippen molar-refractivity contribution in [3.8, 4) is 23.0 Å². The van der Waals surface area contributed by atoms with E-state index in [1.807, 2.05) is 0 Å².